The first-order valence-corrected chi connectivity index (χ1v) is 6.49. The van der Waals surface area contributed by atoms with Gasteiger partial charge in [-0.15, -0.1) is 16.7 Å². The molecule has 16 heavy (non-hydrogen) atoms. The smallest absolute Gasteiger partial charge is 0.318 e. The van der Waals surface area contributed by atoms with Crippen molar-refractivity contribution in [1.82, 2.24) is 10.2 Å². The first-order chi connectivity index (χ1) is 7.81. The topological polar surface area (TPSA) is 42.2 Å². The van der Waals surface area contributed by atoms with E-state index in [4.69, 9.17) is 16.0 Å². The number of nitrogens with zero attached hydrogens (tertiary/aromatic N) is 3. The molecule has 1 unspecified atom stereocenters. The normalized spacial score (nSPS) is 22.1. The van der Waals surface area contributed by atoms with Gasteiger partial charge in [0.1, 0.15) is 0 Å². The van der Waals surface area contributed by atoms with Crippen molar-refractivity contribution in [2.45, 2.75) is 45.1 Å². The Kier molecular flexibility index (Phi) is 4.04. The molecule has 1 aromatic rings. The lowest BCUT2D eigenvalue weighted by atomic mass is 10.1. The van der Waals surface area contributed by atoms with Gasteiger partial charge in [-0.25, -0.2) is 0 Å². The molecule has 0 bridgehead atoms. The van der Waals surface area contributed by atoms with Crippen molar-refractivity contribution in [3.63, 3.8) is 0 Å². The van der Waals surface area contributed by atoms with Gasteiger partial charge in [0, 0.05) is 24.9 Å². The lowest BCUT2D eigenvalue weighted by Crippen LogP contribution is -2.32. The summed E-state index contributed by atoms with van der Waals surface area (Å²) in [6.45, 7) is 3.24. The highest BCUT2D eigenvalue weighted by molar-refractivity contribution is 6.17. The summed E-state index contributed by atoms with van der Waals surface area (Å²) in [5, 5.41) is 8.10. The summed E-state index contributed by atoms with van der Waals surface area (Å²) in [6, 6.07) is 1.15. The van der Waals surface area contributed by atoms with Gasteiger partial charge in [-0.3, -0.25) is 0 Å². The lowest BCUT2D eigenvalue weighted by Gasteiger charge is -2.24. The number of hydrogen-bond acceptors (Lipinski definition) is 4. The summed E-state index contributed by atoms with van der Waals surface area (Å²) in [5.74, 6) is 1.17. The zero-order chi connectivity index (χ0) is 11.4. The Hall–Kier alpha value is -0.770. The van der Waals surface area contributed by atoms with Gasteiger partial charge in [-0.2, -0.15) is 0 Å². The molecule has 1 fully saturated rings. The number of alkyl halides is 1. The van der Waals surface area contributed by atoms with E-state index in [2.05, 4.69) is 22.0 Å². The monoisotopic (exact) mass is 243 g/mol. The van der Waals surface area contributed by atoms with Crippen LogP contribution in [0.15, 0.2) is 4.42 Å². The molecule has 0 aliphatic carbocycles. The fourth-order valence-corrected chi connectivity index (χ4v) is 2.26. The van der Waals surface area contributed by atoms with Crippen LogP contribution in [0.3, 0.4) is 0 Å². The third-order valence-corrected chi connectivity index (χ3v) is 3.25. The van der Waals surface area contributed by atoms with Crippen molar-refractivity contribution >= 4 is 17.6 Å². The second kappa shape index (κ2) is 5.53. The Balaban J connectivity index is 2.08. The Morgan fingerprint density at radius 2 is 2.25 bits per heavy atom. The van der Waals surface area contributed by atoms with E-state index in [1.165, 1.54) is 25.7 Å². The van der Waals surface area contributed by atoms with Gasteiger partial charge in [-0.05, 0) is 19.8 Å². The second-order valence-corrected chi connectivity index (χ2v) is 4.69. The van der Waals surface area contributed by atoms with Crippen LogP contribution in [-0.2, 0) is 6.42 Å². The molecular formula is C11H18ClN3O. The van der Waals surface area contributed by atoms with Gasteiger partial charge < -0.3 is 9.32 Å². The molecule has 0 spiro atoms. The molecule has 1 atom stereocenters. The number of rotatable bonds is 3. The summed E-state index contributed by atoms with van der Waals surface area (Å²) in [5.41, 5.74) is 0. The van der Waals surface area contributed by atoms with Gasteiger partial charge in [0.25, 0.3) is 0 Å². The van der Waals surface area contributed by atoms with Crippen LogP contribution >= 0.6 is 11.6 Å². The van der Waals surface area contributed by atoms with Crippen LogP contribution in [0.2, 0.25) is 0 Å². The predicted octanol–water partition coefficient (Wildman–Crippen LogP) is 2.62. The van der Waals surface area contributed by atoms with Crippen LogP contribution in [0.5, 0.6) is 0 Å². The minimum atomic E-state index is 0.492. The summed E-state index contributed by atoms with van der Waals surface area (Å²) in [4.78, 5) is 2.22. The Morgan fingerprint density at radius 1 is 1.38 bits per heavy atom. The van der Waals surface area contributed by atoms with E-state index >= 15 is 0 Å². The fourth-order valence-electron chi connectivity index (χ4n) is 2.10. The van der Waals surface area contributed by atoms with E-state index in [0.29, 0.717) is 30.2 Å². The molecule has 0 aromatic carbocycles. The van der Waals surface area contributed by atoms with Crippen LogP contribution in [0, 0.1) is 0 Å². The highest BCUT2D eigenvalue weighted by atomic mass is 35.5. The van der Waals surface area contributed by atoms with Crippen LogP contribution in [0.4, 0.5) is 6.01 Å². The van der Waals surface area contributed by atoms with E-state index in [1.807, 2.05) is 0 Å². The van der Waals surface area contributed by atoms with Gasteiger partial charge in [-0.1, -0.05) is 17.9 Å². The van der Waals surface area contributed by atoms with Crippen LogP contribution in [0.1, 0.15) is 38.5 Å². The van der Waals surface area contributed by atoms with E-state index in [1.54, 1.807) is 0 Å². The molecule has 90 valence electrons. The molecule has 0 N–H and O–H groups in total. The van der Waals surface area contributed by atoms with E-state index < -0.39 is 0 Å². The van der Waals surface area contributed by atoms with Crippen molar-refractivity contribution in [2.24, 2.45) is 0 Å². The second-order valence-electron chi connectivity index (χ2n) is 4.31. The summed E-state index contributed by atoms with van der Waals surface area (Å²) >= 11 is 5.64. The predicted molar refractivity (Wildman–Crippen MR) is 64.0 cm³/mol. The SMILES string of the molecule is CC1CCCCCN1c1nnc(CCCl)o1. The largest absolute Gasteiger partial charge is 0.408 e. The molecule has 4 nitrogen and oxygen atoms in total. The Morgan fingerprint density at radius 3 is 3.06 bits per heavy atom. The molecule has 5 heteroatoms. The molecule has 1 saturated heterocycles. The first kappa shape index (κ1) is 11.7. The molecule has 1 aliphatic rings. The van der Waals surface area contributed by atoms with Crippen LogP contribution in [-0.4, -0.2) is 28.7 Å². The average molecular weight is 244 g/mol. The molecule has 0 amide bonds. The van der Waals surface area contributed by atoms with E-state index in [0.717, 1.165) is 6.54 Å². The molecule has 1 aromatic heterocycles. The van der Waals surface area contributed by atoms with Crippen molar-refractivity contribution < 1.29 is 4.42 Å². The minimum Gasteiger partial charge on any atom is -0.408 e. The fraction of sp³-hybridized carbons (Fsp3) is 0.818. The van der Waals surface area contributed by atoms with Gasteiger partial charge in [0.05, 0.1) is 0 Å². The molecule has 0 saturated carbocycles. The maximum atomic E-state index is 5.64. The number of hydrogen-bond donors (Lipinski definition) is 0. The highest BCUT2D eigenvalue weighted by Gasteiger charge is 2.21. The summed E-state index contributed by atoms with van der Waals surface area (Å²) < 4.78 is 5.61. The maximum absolute atomic E-state index is 5.64. The van der Waals surface area contributed by atoms with Crippen LogP contribution < -0.4 is 4.90 Å². The summed E-state index contributed by atoms with van der Waals surface area (Å²) in [6.07, 6.45) is 5.64. The van der Waals surface area contributed by atoms with Crippen molar-refractivity contribution in [3.05, 3.63) is 5.89 Å². The van der Waals surface area contributed by atoms with Gasteiger partial charge >= 0.3 is 6.01 Å². The zero-order valence-corrected chi connectivity index (χ0v) is 10.4. The third kappa shape index (κ3) is 2.67. The number of aromatic nitrogens is 2. The van der Waals surface area contributed by atoms with Gasteiger partial charge in [0.15, 0.2) is 0 Å². The Labute approximate surface area is 101 Å². The quantitative estimate of drug-likeness (QED) is 0.766. The lowest BCUT2D eigenvalue weighted by molar-refractivity contribution is 0.469. The van der Waals surface area contributed by atoms with Crippen LogP contribution in [0.25, 0.3) is 0 Å². The molecule has 2 rings (SSSR count). The molecule has 2 heterocycles. The third-order valence-electron chi connectivity index (χ3n) is 3.06. The standard InChI is InChI=1S/C11H18ClN3O/c1-9-5-3-2-4-8-15(9)11-14-13-10(16-11)6-7-12/h9H,2-8H2,1H3. The first-order valence-electron chi connectivity index (χ1n) is 5.96. The average Bonchev–Trinajstić information content (AvgIpc) is 2.61. The number of halogens is 1. The van der Waals surface area contributed by atoms with Crippen molar-refractivity contribution in [3.8, 4) is 0 Å². The zero-order valence-electron chi connectivity index (χ0n) is 9.65. The number of anilines is 1. The van der Waals surface area contributed by atoms with Crippen molar-refractivity contribution in [1.29, 1.82) is 0 Å². The molecule has 0 radical (unpaired) electrons. The molecular weight excluding hydrogens is 226 g/mol. The Bertz CT molecular complexity index is 329. The van der Waals surface area contributed by atoms with E-state index in [9.17, 15) is 0 Å². The molecule has 1 aliphatic heterocycles. The minimum absolute atomic E-state index is 0.492. The number of aryl methyl sites for hydroxylation is 1. The highest BCUT2D eigenvalue weighted by Crippen LogP contribution is 2.22. The van der Waals surface area contributed by atoms with Crippen molar-refractivity contribution in [2.75, 3.05) is 17.3 Å². The van der Waals surface area contributed by atoms with Gasteiger partial charge in [0.2, 0.25) is 5.89 Å². The maximum Gasteiger partial charge on any atom is 0.318 e. The van der Waals surface area contributed by atoms with E-state index in [-0.39, 0.29) is 0 Å². The summed E-state index contributed by atoms with van der Waals surface area (Å²) in [7, 11) is 0.